The minimum atomic E-state index is -4.57. The summed E-state index contributed by atoms with van der Waals surface area (Å²) in [6.07, 6.45) is -3.28. The smallest absolute Gasteiger partial charge is 0.383 e. The van der Waals surface area contributed by atoms with Crippen LogP contribution in [0.2, 0.25) is 0 Å². The van der Waals surface area contributed by atoms with Crippen LogP contribution in [0.15, 0.2) is 58.1 Å². The van der Waals surface area contributed by atoms with E-state index in [0.29, 0.717) is 26.7 Å². The Morgan fingerprint density at radius 2 is 1.80 bits per heavy atom. The number of nitrogen functional groups attached to an aromatic ring is 1. The van der Waals surface area contributed by atoms with Gasteiger partial charge in [0.1, 0.15) is 24.5 Å². The third-order valence-electron chi connectivity index (χ3n) is 5.69. The Balaban J connectivity index is 1.73. The molecule has 0 saturated heterocycles. The van der Waals surface area contributed by atoms with E-state index in [9.17, 15) is 18.0 Å². The number of hydrogen-bond acceptors (Lipinski definition) is 6. The SMILES string of the molecule is Cc1nn(Cc2nc3cccc(Br)c3c(=O)n2Cc2ccccc2C(F)(F)F)c2ncnc(N)c12. The average Bonchev–Trinajstić information content (AvgIpc) is 3.12. The third-order valence-corrected chi connectivity index (χ3v) is 6.35. The number of halogens is 4. The summed E-state index contributed by atoms with van der Waals surface area (Å²) in [6.45, 7) is 1.40. The molecule has 0 fully saturated rings. The van der Waals surface area contributed by atoms with E-state index >= 15 is 0 Å². The summed E-state index contributed by atoms with van der Waals surface area (Å²) in [6, 6.07) is 10.2. The topological polar surface area (TPSA) is 105 Å². The number of nitrogens with two attached hydrogens (primary N) is 1. The minimum Gasteiger partial charge on any atom is -0.383 e. The number of aromatic nitrogens is 6. The summed E-state index contributed by atoms with van der Waals surface area (Å²) < 4.78 is 44.3. The summed E-state index contributed by atoms with van der Waals surface area (Å²) >= 11 is 3.37. The Bertz CT molecular complexity index is 1660. The maximum Gasteiger partial charge on any atom is 0.416 e. The molecule has 0 aliphatic rings. The summed E-state index contributed by atoms with van der Waals surface area (Å²) in [5.74, 6) is 0.477. The number of anilines is 1. The first kappa shape index (κ1) is 23.0. The van der Waals surface area contributed by atoms with Crippen molar-refractivity contribution in [3.05, 3.63) is 86.3 Å². The lowest BCUT2D eigenvalue weighted by atomic mass is 10.1. The Hall–Kier alpha value is -3.80. The molecule has 0 aliphatic heterocycles. The molecular weight excluding hydrogens is 527 g/mol. The van der Waals surface area contributed by atoms with Crippen molar-refractivity contribution < 1.29 is 13.2 Å². The highest BCUT2D eigenvalue weighted by Gasteiger charge is 2.33. The van der Waals surface area contributed by atoms with E-state index < -0.39 is 17.3 Å². The van der Waals surface area contributed by atoms with Crippen LogP contribution < -0.4 is 11.3 Å². The molecule has 0 bridgehead atoms. The van der Waals surface area contributed by atoms with Gasteiger partial charge >= 0.3 is 6.18 Å². The highest BCUT2D eigenvalue weighted by molar-refractivity contribution is 9.10. The lowest BCUT2D eigenvalue weighted by molar-refractivity contribution is -0.138. The largest absolute Gasteiger partial charge is 0.416 e. The second-order valence-electron chi connectivity index (χ2n) is 7.91. The van der Waals surface area contributed by atoms with Crippen molar-refractivity contribution in [2.45, 2.75) is 26.2 Å². The second-order valence-corrected chi connectivity index (χ2v) is 8.76. The quantitative estimate of drug-likeness (QED) is 0.362. The van der Waals surface area contributed by atoms with Gasteiger partial charge in [-0.1, -0.05) is 24.3 Å². The number of benzene rings is 2. The molecule has 178 valence electrons. The predicted molar refractivity (Wildman–Crippen MR) is 128 cm³/mol. The van der Waals surface area contributed by atoms with Gasteiger partial charge in [0, 0.05) is 4.47 Å². The minimum absolute atomic E-state index is 0.0212. The first-order valence-corrected chi connectivity index (χ1v) is 11.2. The van der Waals surface area contributed by atoms with Gasteiger partial charge in [-0.2, -0.15) is 18.3 Å². The van der Waals surface area contributed by atoms with E-state index in [1.54, 1.807) is 25.1 Å². The van der Waals surface area contributed by atoms with Crippen LogP contribution >= 0.6 is 15.9 Å². The van der Waals surface area contributed by atoms with Crippen molar-refractivity contribution in [1.82, 2.24) is 29.3 Å². The molecule has 0 spiro atoms. The van der Waals surface area contributed by atoms with Crippen LogP contribution in [-0.2, 0) is 19.3 Å². The summed E-state index contributed by atoms with van der Waals surface area (Å²) in [5.41, 5.74) is 6.06. The molecule has 5 rings (SSSR count). The molecular formula is C23H17BrF3N7O. The molecule has 3 aromatic heterocycles. The molecule has 12 heteroatoms. The highest BCUT2D eigenvalue weighted by Crippen LogP contribution is 2.32. The average molecular weight is 544 g/mol. The van der Waals surface area contributed by atoms with Crippen LogP contribution in [0.25, 0.3) is 21.9 Å². The van der Waals surface area contributed by atoms with Crippen LogP contribution in [0.4, 0.5) is 19.0 Å². The van der Waals surface area contributed by atoms with Crippen LogP contribution in [0.3, 0.4) is 0 Å². The lowest BCUT2D eigenvalue weighted by Crippen LogP contribution is -2.28. The third kappa shape index (κ3) is 4.03. The maximum atomic E-state index is 13.7. The van der Waals surface area contributed by atoms with Gasteiger partial charge in [0.25, 0.3) is 5.56 Å². The van der Waals surface area contributed by atoms with Gasteiger partial charge in [0.15, 0.2) is 5.65 Å². The van der Waals surface area contributed by atoms with Crippen LogP contribution in [0.5, 0.6) is 0 Å². The zero-order chi connectivity index (χ0) is 24.9. The number of fused-ring (bicyclic) bond motifs is 2. The van der Waals surface area contributed by atoms with E-state index in [2.05, 4.69) is 36.0 Å². The number of hydrogen-bond donors (Lipinski definition) is 1. The molecule has 2 N–H and O–H groups in total. The normalized spacial score (nSPS) is 12.0. The number of aryl methyl sites for hydroxylation is 1. The predicted octanol–water partition coefficient (Wildman–Crippen LogP) is 4.30. The number of rotatable bonds is 4. The van der Waals surface area contributed by atoms with Crippen molar-refractivity contribution in [2.75, 3.05) is 5.73 Å². The van der Waals surface area contributed by atoms with Gasteiger partial charge in [0.05, 0.1) is 34.1 Å². The van der Waals surface area contributed by atoms with Gasteiger partial charge in [-0.05, 0) is 46.6 Å². The molecule has 35 heavy (non-hydrogen) atoms. The van der Waals surface area contributed by atoms with E-state index in [1.807, 2.05) is 0 Å². The van der Waals surface area contributed by atoms with Crippen molar-refractivity contribution in [1.29, 1.82) is 0 Å². The van der Waals surface area contributed by atoms with Crippen molar-refractivity contribution >= 4 is 43.7 Å². The highest BCUT2D eigenvalue weighted by atomic mass is 79.9. The van der Waals surface area contributed by atoms with Gasteiger partial charge in [-0.15, -0.1) is 0 Å². The Morgan fingerprint density at radius 1 is 1.03 bits per heavy atom. The molecule has 2 aromatic carbocycles. The fourth-order valence-corrected chi connectivity index (χ4v) is 4.64. The molecule has 0 saturated carbocycles. The van der Waals surface area contributed by atoms with Gasteiger partial charge in [-0.3, -0.25) is 9.36 Å². The molecule has 0 atom stereocenters. The van der Waals surface area contributed by atoms with Crippen molar-refractivity contribution in [3.63, 3.8) is 0 Å². The number of nitrogens with zero attached hydrogens (tertiary/aromatic N) is 6. The van der Waals surface area contributed by atoms with Crippen molar-refractivity contribution in [2.24, 2.45) is 0 Å². The first-order chi connectivity index (χ1) is 16.6. The van der Waals surface area contributed by atoms with Crippen LogP contribution in [0.1, 0.15) is 22.6 Å². The standard InChI is InChI=1S/C23H17BrF3N7O/c1-12-18-20(28)29-11-30-21(18)34(32-12)10-17-31-16-8-4-7-15(24)19(16)22(35)33(17)9-13-5-2-3-6-14(13)23(25,26)27/h2-8,11H,9-10H2,1H3,(H2,28,29,30). The molecule has 3 heterocycles. The van der Waals surface area contributed by atoms with E-state index in [-0.39, 0.29) is 35.7 Å². The molecule has 5 aromatic rings. The van der Waals surface area contributed by atoms with Gasteiger partial charge < -0.3 is 5.73 Å². The lowest BCUT2D eigenvalue weighted by Gasteiger charge is -2.17. The van der Waals surface area contributed by atoms with Crippen molar-refractivity contribution in [3.8, 4) is 0 Å². The fraction of sp³-hybridized carbons (Fsp3) is 0.174. The van der Waals surface area contributed by atoms with Gasteiger partial charge in [-0.25, -0.2) is 19.6 Å². The van der Waals surface area contributed by atoms with E-state index in [1.165, 1.54) is 33.8 Å². The van der Waals surface area contributed by atoms with Crippen LogP contribution in [-0.4, -0.2) is 29.3 Å². The van der Waals surface area contributed by atoms with Gasteiger partial charge in [0.2, 0.25) is 0 Å². The monoisotopic (exact) mass is 543 g/mol. The zero-order valence-electron chi connectivity index (χ0n) is 18.2. The Labute approximate surface area is 204 Å². The maximum absolute atomic E-state index is 13.7. The summed E-state index contributed by atoms with van der Waals surface area (Å²) in [7, 11) is 0. The van der Waals surface area contributed by atoms with E-state index in [4.69, 9.17) is 5.73 Å². The Kier molecular flexibility index (Phi) is 5.55. The second kappa shape index (κ2) is 8.45. The molecule has 0 unspecified atom stereocenters. The summed E-state index contributed by atoms with van der Waals surface area (Å²) in [5, 5.41) is 5.30. The molecule has 0 amide bonds. The van der Waals surface area contributed by atoms with E-state index in [0.717, 1.165) is 6.07 Å². The molecule has 8 nitrogen and oxygen atoms in total. The Morgan fingerprint density at radius 3 is 2.57 bits per heavy atom. The molecule has 0 aliphatic carbocycles. The molecule has 0 radical (unpaired) electrons. The summed E-state index contributed by atoms with van der Waals surface area (Å²) in [4.78, 5) is 26.5. The van der Waals surface area contributed by atoms with Crippen LogP contribution in [0, 0.1) is 6.92 Å². The zero-order valence-corrected chi connectivity index (χ0v) is 19.8. The fourth-order valence-electron chi connectivity index (χ4n) is 4.11. The first-order valence-electron chi connectivity index (χ1n) is 10.4. The number of alkyl halides is 3.